The molecule has 0 saturated carbocycles. The molecule has 0 aromatic carbocycles. The topological polar surface area (TPSA) is 0 Å². The summed E-state index contributed by atoms with van der Waals surface area (Å²) >= 11 is 0. The summed E-state index contributed by atoms with van der Waals surface area (Å²) in [7, 11) is 0. The monoisotopic (exact) mass is 159 g/mol. The van der Waals surface area contributed by atoms with Gasteiger partial charge in [-0.25, -0.2) is 0 Å². The second-order valence-electron chi connectivity index (χ2n) is 2.75. The van der Waals surface area contributed by atoms with Crippen molar-refractivity contribution in [3.8, 4) is 0 Å². The van der Waals surface area contributed by atoms with Gasteiger partial charge in [0.15, 0.2) is 0 Å². The van der Waals surface area contributed by atoms with E-state index in [0.29, 0.717) is 0 Å². The molecule has 0 saturated heterocycles. The van der Waals surface area contributed by atoms with Gasteiger partial charge in [0.25, 0.3) is 0 Å². The van der Waals surface area contributed by atoms with E-state index in [9.17, 15) is 0 Å². The lowest BCUT2D eigenvalue weighted by atomic mass is 10.2. The zero-order valence-corrected chi connectivity index (χ0v) is 7.32. The van der Waals surface area contributed by atoms with E-state index in [0.717, 1.165) is 0 Å². The van der Waals surface area contributed by atoms with Crippen LogP contribution in [0.1, 0.15) is 19.3 Å². The van der Waals surface area contributed by atoms with Gasteiger partial charge in [0.05, 0.1) is 0 Å². The van der Waals surface area contributed by atoms with E-state index in [1.165, 1.54) is 19.3 Å². The second kappa shape index (κ2) is 6.66. The molecule has 12 heavy (non-hydrogen) atoms. The first kappa shape index (κ1) is 9.05. The van der Waals surface area contributed by atoms with E-state index in [2.05, 4.69) is 36.8 Å². The van der Waals surface area contributed by atoms with Crippen molar-refractivity contribution in [1.29, 1.82) is 0 Å². The van der Waals surface area contributed by atoms with Crippen LogP contribution in [0.25, 0.3) is 0 Å². The smallest absolute Gasteiger partial charge is 0.00473 e. The molecule has 0 unspecified atom stereocenters. The molecule has 0 aromatic heterocycles. The Kier molecular flexibility index (Phi) is 5.02. The van der Waals surface area contributed by atoms with Gasteiger partial charge in [-0.15, -0.1) is 0 Å². The van der Waals surface area contributed by atoms with Crippen molar-refractivity contribution in [2.24, 2.45) is 0 Å². The third-order valence-electron chi connectivity index (χ3n) is 1.68. The summed E-state index contributed by atoms with van der Waals surface area (Å²) in [4.78, 5) is 0. The molecule has 0 aliphatic heterocycles. The SMILES string of the molecule is [CH]1/C=C\CCC/C=C/C=C\C=C\1. The van der Waals surface area contributed by atoms with Gasteiger partial charge in [-0.2, -0.15) is 0 Å². The number of allylic oxidation sites excluding steroid dienone is 8. The summed E-state index contributed by atoms with van der Waals surface area (Å²) in [5, 5.41) is 0. The molecule has 0 atom stereocenters. The summed E-state index contributed by atoms with van der Waals surface area (Å²) in [5.41, 5.74) is 0. The maximum absolute atomic E-state index is 2.21. The molecule has 0 nitrogen and oxygen atoms in total. The third-order valence-corrected chi connectivity index (χ3v) is 1.68. The molecule has 1 radical (unpaired) electrons. The van der Waals surface area contributed by atoms with E-state index in [1.807, 2.05) is 18.2 Å². The first-order valence-electron chi connectivity index (χ1n) is 4.48. The molecule has 1 rings (SSSR count). The highest BCUT2D eigenvalue weighted by Gasteiger charge is 1.80. The van der Waals surface area contributed by atoms with E-state index in [4.69, 9.17) is 0 Å². The van der Waals surface area contributed by atoms with E-state index in [-0.39, 0.29) is 0 Å². The minimum Gasteiger partial charge on any atom is -0.0879 e. The minimum absolute atomic E-state index is 1.18. The fourth-order valence-electron chi connectivity index (χ4n) is 1.02. The summed E-state index contributed by atoms with van der Waals surface area (Å²) in [6, 6.07) is 0. The summed E-state index contributed by atoms with van der Waals surface area (Å²) < 4.78 is 0. The van der Waals surface area contributed by atoms with Crippen LogP contribution in [0.4, 0.5) is 0 Å². The van der Waals surface area contributed by atoms with Gasteiger partial charge >= 0.3 is 0 Å². The zero-order valence-electron chi connectivity index (χ0n) is 7.32. The van der Waals surface area contributed by atoms with E-state index in [1.54, 1.807) is 0 Å². The van der Waals surface area contributed by atoms with Crippen LogP contribution in [0, 0.1) is 6.42 Å². The van der Waals surface area contributed by atoms with Crippen LogP contribution < -0.4 is 0 Å². The highest BCUT2D eigenvalue weighted by molar-refractivity contribution is 5.17. The average molecular weight is 159 g/mol. The van der Waals surface area contributed by atoms with Gasteiger partial charge in [0, 0.05) is 6.42 Å². The van der Waals surface area contributed by atoms with Crippen molar-refractivity contribution >= 4 is 0 Å². The van der Waals surface area contributed by atoms with Gasteiger partial charge < -0.3 is 0 Å². The van der Waals surface area contributed by atoms with Crippen LogP contribution in [0.5, 0.6) is 0 Å². The van der Waals surface area contributed by atoms with Crippen LogP contribution in [0.3, 0.4) is 0 Å². The predicted octanol–water partition coefficient (Wildman–Crippen LogP) is 3.60. The van der Waals surface area contributed by atoms with Crippen molar-refractivity contribution < 1.29 is 0 Å². The molecule has 0 amide bonds. The summed E-state index contributed by atoms with van der Waals surface area (Å²) in [5.74, 6) is 0. The van der Waals surface area contributed by atoms with Gasteiger partial charge in [0.1, 0.15) is 0 Å². The summed E-state index contributed by atoms with van der Waals surface area (Å²) in [6.45, 7) is 0. The largest absolute Gasteiger partial charge is 0.0879 e. The molecule has 0 heteroatoms. The first-order chi connectivity index (χ1) is 6.00. The highest BCUT2D eigenvalue weighted by Crippen LogP contribution is 2.00. The Balaban J connectivity index is 2.42. The van der Waals surface area contributed by atoms with Gasteiger partial charge in [-0.1, -0.05) is 48.6 Å². The maximum Gasteiger partial charge on any atom is 0.00473 e. The van der Waals surface area contributed by atoms with Gasteiger partial charge in [0.2, 0.25) is 0 Å². The molecule has 1 aliphatic rings. The lowest BCUT2D eigenvalue weighted by Gasteiger charge is -1.90. The molecule has 63 valence electrons. The molecular weight excluding hydrogens is 144 g/mol. The Bertz CT molecular complexity index is 204. The fourth-order valence-corrected chi connectivity index (χ4v) is 1.02. The molecule has 0 fully saturated rings. The maximum atomic E-state index is 2.21. The van der Waals surface area contributed by atoms with Crippen molar-refractivity contribution in [3.63, 3.8) is 0 Å². The second-order valence-corrected chi connectivity index (χ2v) is 2.75. The Morgan fingerprint density at radius 1 is 0.583 bits per heavy atom. The standard InChI is InChI=1S/C12H15/c1-2-4-6-8-10-12-11-9-7-5-3-1/h1-9H,10-12H2/b2-1+,5-3-,8-6-,9-7+. The van der Waals surface area contributed by atoms with Crippen molar-refractivity contribution in [1.82, 2.24) is 0 Å². The Morgan fingerprint density at radius 2 is 1.25 bits per heavy atom. The molecule has 0 aromatic rings. The zero-order chi connectivity index (χ0) is 8.49. The Morgan fingerprint density at radius 3 is 2.17 bits per heavy atom. The molecule has 0 bridgehead atoms. The number of rotatable bonds is 0. The van der Waals surface area contributed by atoms with Crippen molar-refractivity contribution in [2.45, 2.75) is 19.3 Å². The highest BCUT2D eigenvalue weighted by atomic mass is 13.9. The Hall–Kier alpha value is -1.04. The van der Waals surface area contributed by atoms with Gasteiger partial charge in [-0.3, -0.25) is 0 Å². The predicted molar refractivity (Wildman–Crippen MR) is 54.7 cm³/mol. The van der Waals surface area contributed by atoms with E-state index < -0.39 is 0 Å². The fraction of sp³-hybridized carbons (Fsp3) is 0.250. The number of hydrogen-bond acceptors (Lipinski definition) is 0. The van der Waals surface area contributed by atoms with Crippen LogP contribution >= 0.6 is 0 Å². The molecular formula is C12H15. The first-order valence-corrected chi connectivity index (χ1v) is 4.48. The molecule has 0 heterocycles. The van der Waals surface area contributed by atoms with Crippen LogP contribution in [0.15, 0.2) is 48.6 Å². The van der Waals surface area contributed by atoms with Crippen LogP contribution in [0.2, 0.25) is 0 Å². The average Bonchev–Trinajstić information content (AvgIpc) is 2.05. The van der Waals surface area contributed by atoms with Crippen molar-refractivity contribution in [2.75, 3.05) is 0 Å². The van der Waals surface area contributed by atoms with E-state index >= 15 is 0 Å². The van der Waals surface area contributed by atoms with Crippen LogP contribution in [-0.4, -0.2) is 0 Å². The Labute approximate surface area is 75.0 Å². The summed E-state index contributed by atoms with van der Waals surface area (Å²) in [6.07, 6.45) is 22.5. The van der Waals surface area contributed by atoms with Gasteiger partial charge in [-0.05, 0) is 19.3 Å². The normalized spacial score (nSPS) is 29.3. The van der Waals surface area contributed by atoms with Crippen molar-refractivity contribution in [3.05, 3.63) is 55.0 Å². The lowest BCUT2D eigenvalue weighted by Crippen LogP contribution is -1.70. The molecule has 1 aliphatic carbocycles. The molecule has 0 spiro atoms. The minimum atomic E-state index is 1.18. The van der Waals surface area contributed by atoms with Crippen LogP contribution in [-0.2, 0) is 0 Å². The third kappa shape index (κ3) is 4.73. The lowest BCUT2D eigenvalue weighted by molar-refractivity contribution is 0.868. The number of hydrogen-bond donors (Lipinski definition) is 0. The molecule has 0 N–H and O–H groups in total. The quantitative estimate of drug-likeness (QED) is 0.506.